The quantitative estimate of drug-likeness (QED) is 0.892. The van der Waals surface area contributed by atoms with Gasteiger partial charge in [0.1, 0.15) is 5.69 Å². The predicted molar refractivity (Wildman–Crippen MR) is 83.3 cm³/mol. The minimum Gasteiger partial charge on any atom is -0.347 e. The van der Waals surface area contributed by atoms with Crippen LogP contribution in [-0.2, 0) is 9.84 Å². The molecule has 0 unspecified atom stereocenters. The van der Waals surface area contributed by atoms with E-state index in [1.807, 2.05) is 31.2 Å². The molecule has 1 aliphatic rings. The molecule has 2 heterocycles. The highest BCUT2D eigenvalue weighted by Gasteiger charge is 2.29. The van der Waals surface area contributed by atoms with Gasteiger partial charge in [-0.25, -0.2) is 8.42 Å². The Morgan fingerprint density at radius 2 is 2.05 bits per heavy atom. The lowest BCUT2D eigenvalue weighted by molar-refractivity contribution is 0.0936. The maximum atomic E-state index is 12.1. The molecule has 0 saturated carbocycles. The molecule has 1 aliphatic heterocycles. The highest BCUT2D eigenvalue weighted by molar-refractivity contribution is 7.91. The summed E-state index contributed by atoms with van der Waals surface area (Å²) < 4.78 is 22.8. The van der Waals surface area contributed by atoms with E-state index in [-0.39, 0.29) is 23.5 Å². The number of rotatable bonds is 3. The van der Waals surface area contributed by atoms with Crippen LogP contribution in [0.2, 0.25) is 0 Å². The number of aromatic nitrogens is 2. The Balaban J connectivity index is 1.71. The first-order chi connectivity index (χ1) is 10.4. The van der Waals surface area contributed by atoms with Crippen LogP contribution in [0.25, 0.3) is 11.3 Å². The van der Waals surface area contributed by atoms with Crippen LogP contribution in [0.3, 0.4) is 0 Å². The van der Waals surface area contributed by atoms with E-state index in [1.165, 1.54) is 0 Å². The van der Waals surface area contributed by atoms with Gasteiger partial charge in [0.2, 0.25) is 0 Å². The monoisotopic (exact) mass is 319 g/mol. The highest BCUT2D eigenvalue weighted by atomic mass is 32.2. The minimum absolute atomic E-state index is 0.0116. The molecular formula is C15H17N3O3S. The maximum absolute atomic E-state index is 12.1. The molecule has 0 bridgehead atoms. The zero-order valence-electron chi connectivity index (χ0n) is 12.2. The maximum Gasteiger partial charge on any atom is 0.269 e. The van der Waals surface area contributed by atoms with E-state index in [1.54, 1.807) is 6.07 Å². The van der Waals surface area contributed by atoms with E-state index < -0.39 is 9.84 Å². The standard InChI is InChI=1S/C15H17N3O3S/c1-10-2-4-11(5-3-10)13-8-14(18-17-13)15(19)16-12-6-7-22(20,21)9-12/h2-5,8,12H,6-7,9H2,1H3,(H,16,19)(H,17,18)/t12-/m0/s1. The second kappa shape index (κ2) is 5.57. The fourth-order valence-electron chi connectivity index (χ4n) is 2.48. The van der Waals surface area contributed by atoms with Crippen LogP contribution in [-0.4, -0.2) is 42.1 Å². The van der Waals surface area contributed by atoms with Crippen LogP contribution in [0, 0.1) is 6.92 Å². The summed E-state index contributed by atoms with van der Waals surface area (Å²) in [4.78, 5) is 12.1. The first kappa shape index (κ1) is 14.8. The van der Waals surface area contributed by atoms with Crippen LogP contribution in [0.4, 0.5) is 0 Å². The van der Waals surface area contributed by atoms with E-state index in [0.717, 1.165) is 11.1 Å². The molecule has 3 rings (SSSR count). The number of nitrogens with one attached hydrogen (secondary N) is 2. The molecule has 116 valence electrons. The van der Waals surface area contributed by atoms with Gasteiger partial charge in [-0.05, 0) is 19.4 Å². The molecule has 22 heavy (non-hydrogen) atoms. The molecule has 2 N–H and O–H groups in total. The number of carbonyl (C=O) groups is 1. The van der Waals surface area contributed by atoms with E-state index in [4.69, 9.17) is 0 Å². The van der Waals surface area contributed by atoms with Gasteiger partial charge in [-0.3, -0.25) is 9.89 Å². The summed E-state index contributed by atoms with van der Waals surface area (Å²) in [6.45, 7) is 2.00. The normalized spacial score (nSPS) is 20.0. The van der Waals surface area contributed by atoms with Crippen molar-refractivity contribution in [3.8, 4) is 11.3 Å². The van der Waals surface area contributed by atoms with Crippen molar-refractivity contribution >= 4 is 15.7 Å². The second-order valence-electron chi connectivity index (χ2n) is 5.61. The highest BCUT2D eigenvalue weighted by Crippen LogP contribution is 2.18. The molecular weight excluding hydrogens is 302 g/mol. The van der Waals surface area contributed by atoms with E-state index in [2.05, 4.69) is 15.5 Å². The lowest BCUT2D eigenvalue weighted by Gasteiger charge is -2.08. The molecule has 1 saturated heterocycles. The van der Waals surface area contributed by atoms with Gasteiger partial charge in [0.25, 0.3) is 5.91 Å². The van der Waals surface area contributed by atoms with Gasteiger partial charge in [-0.2, -0.15) is 5.10 Å². The summed E-state index contributed by atoms with van der Waals surface area (Å²) in [6, 6.07) is 9.20. The Morgan fingerprint density at radius 1 is 1.32 bits per heavy atom. The molecule has 0 aliphatic carbocycles. The van der Waals surface area contributed by atoms with Crippen molar-refractivity contribution in [1.82, 2.24) is 15.5 Å². The first-order valence-electron chi connectivity index (χ1n) is 7.07. The predicted octanol–water partition coefficient (Wildman–Crippen LogP) is 1.30. The molecule has 0 spiro atoms. The molecule has 1 amide bonds. The van der Waals surface area contributed by atoms with Crippen LogP contribution >= 0.6 is 0 Å². The average Bonchev–Trinajstić information content (AvgIpc) is 3.06. The lowest BCUT2D eigenvalue weighted by atomic mass is 10.1. The lowest BCUT2D eigenvalue weighted by Crippen LogP contribution is -2.35. The smallest absolute Gasteiger partial charge is 0.269 e. The number of sulfone groups is 1. The van der Waals surface area contributed by atoms with Gasteiger partial charge < -0.3 is 5.32 Å². The largest absolute Gasteiger partial charge is 0.347 e. The molecule has 6 nitrogen and oxygen atoms in total. The molecule has 0 radical (unpaired) electrons. The molecule has 1 atom stereocenters. The zero-order chi connectivity index (χ0) is 15.7. The van der Waals surface area contributed by atoms with E-state index >= 15 is 0 Å². The van der Waals surface area contributed by atoms with Crippen molar-refractivity contribution in [2.24, 2.45) is 0 Å². The van der Waals surface area contributed by atoms with Crippen molar-refractivity contribution in [3.05, 3.63) is 41.6 Å². The zero-order valence-corrected chi connectivity index (χ0v) is 13.0. The minimum atomic E-state index is -3.01. The van der Waals surface area contributed by atoms with Gasteiger partial charge >= 0.3 is 0 Å². The van der Waals surface area contributed by atoms with Gasteiger partial charge in [-0.15, -0.1) is 0 Å². The number of amides is 1. The summed E-state index contributed by atoms with van der Waals surface area (Å²) in [5, 5.41) is 9.57. The van der Waals surface area contributed by atoms with Gasteiger partial charge in [0.05, 0.1) is 17.2 Å². The fourth-order valence-corrected chi connectivity index (χ4v) is 4.16. The third-order valence-electron chi connectivity index (χ3n) is 3.74. The Bertz CT molecular complexity index is 794. The van der Waals surface area contributed by atoms with Crippen molar-refractivity contribution in [2.75, 3.05) is 11.5 Å². The number of aryl methyl sites for hydroxylation is 1. The topological polar surface area (TPSA) is 91.9 Å². The number of benzene rings is 1. The first-order valence-corrected chi connectivity index (χ1v) is 8.89. The summed E-state index contributed by atoms with van der Waals surface area (Å²) in [5.41, 5.74) is 3.09. The van der Waals surface area contributed by atoms with Crippen LogP contribution in [0.15, 0.2) is 30.3 Å². The van der Waals surface area contributed by atoms with Crippen molar-refractivity contribution in [3.63, 3.8) is 0 Å². The molecule has 1 aromatic carbocycles. The van der Waals surface area contributed by atoms with Crippen LogP contribution in [0.1, 0.15) is 22.5 Å². The van der Waals surface area contributed by atoms with Gasteiger partial charge in [0, 0.05) is 11.6 Å². The number of nitrogens with zero attached hydrogens (tertiary/aromatic N) is 1. The number of aromatic amines is 1. The van der Waals surface area contributed by atoms with Gasteiger partial charge in [0.15, 0.2) is 9.84 Å². The van der Waals surface area contributed by atoms with Crippen molar-refractivity contribution in [1.29, 1.82) is 0 Å². The number of hydrogen-bond donors (Lipinski definition) is 2. The summed E-state index contributed by atoms with van der Waals surface area (Å²) in [7, 11) is -3.01. The molecule has 2 aromatic rings. The van der Waals surface area contributed by atoms with E-state index in [9.17, 15) is 13.2 Å². The van der Waals surface area contributed by atoms with Gasteiger partial charge in [-0.1, -0.05) is 29.8 Å². The Labute approximate surface area is 128 Å². The van der Waals surface area contributed by atoms with Crippen molar-refractivity contribution < 1.29 is 13.2 Å². The number of H-pyrrole nitrogens is 1. The average molecular weight is 319 g/mol. The van der Waals surface area contributed by atoms with Crippen molar-refractivity contribution in [2.45, 2.75) is 19.4 Å². The fraction of sp³-hybridized carbons (Fsp3) is 0.333. The Morgan fingerprint density at radius 3 is 2.68 bits per heavy atom. The SMILES string of the molecule is Cc1ccc(-c2cc(C(=O)N[C@H]3CCS(=O)(=O)C3)[nH]n2)cc1. The second-order valence-corrected chi connectivity index (χ2v) is 7.84. The Kier molecular flexibility index (Phi) is 3.74. The molecule has 7 heteroatoms. The van der Waals surface area contributed by atoms with E-state index in [0.29, 0.717) is 17.8 Å². The Hall–Kier alpha value is -2.15. The third kappa shape index (κ3) is 3.19. The summed E-state index contributed by atoms with van der Waals surface area (Å²) in [5.74, 6) is -0.180. The summed E-state index contributed by atoms with van der Waals surface area (Å²) in [6.07, 6.45) is 0.465. The van der Waals surface area contributed by atoms with Crippen LogP contribution < -0.4 is 5.32 Å². The third-order valence-corrected chi connectivity index (χ3v) is 5.51. The molecule has 1 fully saturated rings. The molecule has 1 aromatic heterocycles. The number of hydrogen-bond acceptors (Lipinski definition) is 4. The number of carbonyl (C=O) groups excluding carboxylic acids is 1. The van der Waals surface area contributed by atoms with Crippen LogP contribution in [0.5, 0.6) is 0 Å². The summed E-state index contributed by atoms with van der Waals surface area (Å²) >= 11 is 0.